The van der Waals surface area contributed by atoms with Crippen LogP contribution in [0.25, 0.3) is 0 Å². The number of carbonyl (C=O) groups is 1. The summed E-state index contributed by atoms with van der Waals surface area (Å²) in [6.45, 7) is 4.23. The fraction of sp³-hybridized carbons (Fsp3) is 0.235. The first-order valence-corrected chi connectivity index (χ1v) is 7.96. The number of pyridine rings is 1. The summed E-state index contributed by atoms with van der Waals surface area (Å²) in [5.74, 6) is 0.523. The molecule has 23 heavy (non-hydrogen) atoms. The molecule has 1 aromatic carbocycles. The SMILES string of the molecule is Cc1cc(Br)ccc1NC(=O)CCNc1ccc(C)c(C#N)n1. The van der Waals surface area contributed by atoms with Crippen molar-refractivity contribution in [1.82, 2.24) is 4.98 Å². The summed E-state index contributed by atoms with van der Waals surface area (Å²) >= 11 is 3.39. The molecule has 0 aliphatic carbocycles. The minimum atomic E-state index is -0.0736. The lowest BCUT2D eigenvalue weighted by atomic mass is 10.2. The second-order valence-corrected chi connectivity index (χ2v) is 6.07. The van der Waals surface area contributed by atoms with Gasteiger partial charge in [0.1, 0.15) is 17.6 Å². The average molecular weight is 373 g/mol. The van der Waals surface area contributed by atoms with Gasteiger partial charge in [0.15, 0.2) is 0 Å². The molecule has 0 bridgehead atoms. The number of rotatable bonds is 5. The smallest absolute Gasteiger partial charge is 0.226 e. The Morgan fingerprint density at radius 3 is 2.74 bits per heavy atom. The van der Waals surface area contributed by atoms with Crippen LogP contribution in [0.5, 0.6) is 0 Å². The van der Waals surface area contributed by atoms with Crippen molar-refractivity contribution in [3.05, 3.63) is 51.6 Å². The number of nitrogens with one attached hydrogen (secondary N) is 2. The fourth-order valence-corrected chi connectivity index (χ4v) is 2.50. The standard InChI is InChI=1S/C17H17BrN4O/c1-11-3-6-16(21-15(11)10-19)20-8-7-17(23)22-14-5-4-13(18)9-12(14)2/h3-6,9H,7-8H2,1-2H3,(H,20,21)(H,22,23). The largest absolute Gasteiger partial charge is 0.370 e. The molecule has 0 saturated carbocycles. The van der Waals surface area contributed by atoms with Gasteiger partial charge in [0.25, 0.3) is 0 Å². The Labute approximate surface area is 143 Å². The summed E-state index contributed by atoms with van der Waals surface area (Å²) < 4.78 is 0.980. The zero-order chi connectivity index (χ0) is 16.8. The summed E-state index contributed by atoms with van der Waals surface area (Å²) in [6, 6.07) is 11.4. The van der Waals surface area contributed by atoms with Gasteiger partial charge in [-0.25, -0.2) is 4.98 Å². The van der Waals surface area contributed by atoms with Crippen LogP contribution < -0.4 is 10.6 Å². The fourth-order valence-electron chi connectivity index (χ4n) is 2.02. The number of carbonyl (C=O) groups excluding carboxylic acids is 1. The van der Waals surface area contributed by atoms with Crippen LogP contribution in [-0.4, -0.2) is 17.4 Å². The van der Waals surface area contributed by atoms with Crippen LogP contribution in [0.1, 0.15) is 23.2 Å². The Balaban J connectivity index is 1.86. The maximum absolute atomic E-state index is 12.0. The lowest BCUT2D eigenvalue weighted by Gasteiger charge is -2.10. The van der Waals surface area contributed by atoms with Crippen LogP contribution in [0.15, 0.2) is 34.8 Å². The molecule has 0 aliphatic heterocycles. The highest BCUT2D eigenvalue weighted by Gasteiger charge is 2.06. The van der Waals surface area contributed by atoms with Crippen molar-refractivity contribution in [1.29, 1.82) is 5.26 Å². The molecule has 0 aliphatic rings. The Bertz CT molecular complexity index is 768. The molecule has 1 aromatic heterocycles. The zero-order valence-electron chi connectivity index (χ0n) is 13.0. The molecule has 2 aromatic rings. The molecule has 2 rings (SSSR count). The summed E-state index contributed by atoms with van der Waals surface area (Å²) in [6.07, 6.45) is 0.312. The number of aromatic nitrogens is 1. The zero-order valence-corrected chi connectivity index (χ0v) is 14.6. The van der Waals surface area contributed by atoms with E-state index in [0.717, 1.165) is 21.3 Å². The quantitative estimate of drug-likeness (QED) is 0.836. The second kappa shape index (κ2) is 7.75. The first kappa shape index (κ1) is 17.0. The van der Waals surface area contributed by atoms with Crippen LogP contribution in [0.2, 0.25) is 0 Å². The predicted octanol–water partition coefficient (Wildman–Crippen LogP) is 3.77. The molecule has 0 saturated heterocycles. The van der Waals surface area contributed by atoms with Gasteiger partial charge in [0, 0.05) is 23.1 Å². The molecule has 1 heterocycles. The highest BCUT2D eigenvalue weighted by Crippen LogP contribution is 2.20. The maximum atomic E-state index is 12.0. The minimum absolute atomic E-state index is 0.0736. The minimum Gasteiger partial charge on any atom is -0.370 e. The number of amides is 1. The van der Waals surface area contributed by atoms with Crippen LogP contribution in [0.3, 0.4) is 0 Å². The third-order valence-corrected chi connectivity index (χ3v) is 3.82. The van der Waals surface area contributed by atoms with Gasteiger partial charge in [-0.05, 0) is 49.2 Å². The van der Waals surface area contributed by atoms with Crippen molar-refractivity contribution in [3.63, 3.8) is 0 Å². The third kappa shape index (κ3) is 4.80. The van der Waals surface area contributed by atoms with Crippen molar-refractivity contribution in [2.45, 2.75) is 20.3 Å². The van der Waals surface area contributed by atoms with Crippen molar-refractivity contribution in [3.8, 4) is 6.07 Å². The monoisotopic (exact) mass is 372 g/mol. The summed E-state index contributed by atoms with van der Waals surface area (Å²) in [7, 11) is 0. The first-order chi connectivity index (χ1) is 11.0. The van der Waals surface area contributed by atoms with Crippen molar-refractivity contribution < 1.29 is 4.79 Å². The van der Waals surface area contributed by atoms with Gasteiger partial charge >= 0.3 is 0 Å². The Morgan fingerprint density at radius 2 is 2.04 bits per heavy atom. The van der Waals surface area contributed by atoms with E-state index in [4.69, 9.17) is 5.26 Å². The molecule has 1 amide bonds. The van der Waals surface area contributed by atoms with Gasteiger partial charge in [-0.15, -0.1) is 0 Å². The Kier molecular flexibility index (Phi) is 5.72. The lowest BCUT2D eigenvalue weighted by Crippen LogP contribution is -2.17. The summed E-state index contributed by atoms with van der Waals surface area (Å²) in [5.41, 5.74) is 3.03. The number of nitriles is 1. The van der Waals surface area contributed by atoms with Crippen molar-refractivity contribution in [2.24, 2.45) is 0 Å². The molecule has 0 spiro atoms. The van der Waals surface area contributed by atoms with Crippen molar-refractivity contribution >= 4 is 33.3 Å². The van der Waals surface area contributed by atoms with E-state index < -0.39 is 0 Å². The Hall–Kier alpha value is -2.39. The summed E-state index contributed by atoms with van der Waals surface area (Å²) in [4.78, 5) is 16.2. The Morgan fingerprint density at radius 1 is 1.26 bits per heavy atom. The van der Waals surface area contributed by atoms with Crippen molar-refractivity contribution in [2.75, 3.05) is 17.2 Å². The molecular formula is C17H17BrN4O. The highest BCUT2D eigenvalue weighted by molar-refractivity contribution is 9.10. The van der Waals surface area contributed by atoms with E-state index >= 15 is 0 Å². The molecule has 5 nitrogen and oxygen atoms in total. The van der Waals surface area contributed by atoms with E-state index in [1.807, 2.05) is 44.2 Å². The molecule has 0 radical (unpaired) electrons. The van der Waals surface area contributed by atoms with E-state index in [1.165, 1.54) is 0 Å². The number of halogens is 1. The van der Waals surface area contributed by atoms with Gasteiger partial charge in [-0.1, -0.05) is 22.0 Å². The number of aryl methyl sites for hydroxylation is 2. The number of benzene rings is 1. The van der Waals surface area contributed by atoms with E-state index in [-0.39, 0.29) is 5.91 Å². The molecule has 118 valence electrons. The molecule has 0 atom stereocenters. The number of hydrogen-bond acceptors (Lipinski definition) is 4. The molecule has 2 N–H and O–H groups in total. The van der Waals surface area contributed by atoms with E-state index in [9.17, 15) is 4.79 Å². The topological polar surface area (TPSA) is 77.8 Å². The highest BCUT2D eigenvalue weighted by atomic mass is 79.9. The second-order valence-electron chi connectivity index (χ2n) is 5.16. The number of anilines is 2. The van der Waals surface area contributed by atoms with E-state index in [1.54, 1.807) is 6.07 Å². The van der Waals surface area contributed by atoms with Crippen LogP contribution in [-0.2, 0) is 4.79 Å². The molecule has 0 unspecified atom stereocenters. The lowest BCUT2D eigenvalue weighted by molar-refractivity contribution is -0.115. The van der Waals surface area contributed by atoms with E-state index in [2.05, 4.69) is 31.5 Å². The molecular weight excluding hydrogens is 356 g/mol. The average Bonchev–Trinajstić information content (AvgIpc) is 2.52. The van der Waals surface area contributed by atoms with Gasteiger partial charge in [-0.2, -0.15) is 5.26 Å². The number of nitrogens with zero attached hydrogens (tertiary/aromatic N) is 2. The van der Waals surface area contributed by atoms with E-state index in [0.29, 0.717) is 24.5 Å². The molecule has 0 fully saturated rings. The molecule has 6 heteroatoms. The van der Waals surface area contributed by atoms with Crippen LogP contribution >= 0.6 is 15.9 Å². The first-order valence-electron chi connectivity index (χ1n) is 7.17. The normalized spacial score (nSPS) is 10.0. The summed E-state index contributed by atoms with van der Waals surface area (Å²) in [5, 5.41) is 14.9. The number of hydrogen-bond donors (Lipinski definition) is 2. The van der Waals surface area contributed by atoms with Gasteiger partial charge in [0.05, 0.1) is 0 Å². The van der Waals surface area contributed by atoms with Crippen LogP contribution in [0, 0.1) is 25.2 Å². The van der Waals surface area contributed by atoms with Gasteiger partial charge in [0.2, 0.25) is 5.91 Å². The third-order valence-electron chi connectivity index (χ3n) is 3.32. The maximum Gasteiger partial charge on any atom is 0.226 e. The predicted molar refractivity (Wildman–Crippen MR) is 94.3 cm³/mol. The van der Waals surface area contributed by atoms with Crippen LogP contribution in [0.4, 0.5) is 11.5 Å². The van der Waals surface area contributed by atoms with Gasteiger partial charge < -0.3 is 10.6 Å². The van der Waals surface area contributed by atoms with Gasteiger partial charge in [-0.3, -0.25) is 4.79 Å².